The van der Waals surface area contributed by atoms with E-state index in [1.54, 1.807) is 6.92 Å². The minimum Gasteiger partial charge on any atom is -0.325 e. The predicted molar refractivity (Wildman–Crippen MR) is 62.4 cm³/mol. The Morgan fingerprint density at radius 1 is 1.40 bits per heavy atom. The minimum atomic E-state index is -0.488. The summed E-state index contributed by atoms with van der Waals surface area (Å²) in [4.78, 5) is 11.4. The quantitative estimate of drug-likeness (QED) is 0.768. The van der Waals surface area contributed by atoms with E-state index in [2.05, 4.69) is 17.4 Å². The lowest BCUT2D eigenvalue weighted by Gasteiger charge is -2.08. The lowest BCUT2D eigenvalue weighted by molar-refractivity contribution is -0.115. The molecule has 1 amide bonds. The Morgan fingerprint density at radius 2 is 2.13 bits per heavy atom. The summed E-state index contributed by atoms with van der Waals surface area (Å²) in [6, 6.07) is 6.09. The van der Waals surface area contributed by atoms with E-state index >= 15 is 0 Å². The van der Waals surface area contributed by atoms with Gasteiger partial charge in [0.25, 0.3) is 0 Å². The van der Waals surface area contributed by atoms with Crippen molar-refractivity contribution in [3.8, 4) is 0 Å². The highest BCUT2D eigenvalue weighted by atomic mass is 35.5. The molecule has 1 atom stereocenters. The molecule has 15 heavy (non-hydrogen) atoms. The molecule has 0 bridgehead atoms. The highest BCUT2D eigenvalue weighted by Gasteiger charge is 2.13. The summed E-state index contributed by atoms with van der Waals surface area (Å²) in [5, 5.41) is 2.31. The molecule has 0 spiro atoms. The van der Waals surface area contributed by atoms with Crippen LogP contribution in [0.2, 0.25) is 0 Å². The molecule has 1 aromatic rings. The van der Waals surface area contributed by atoms with Crippen molar-refractivity contribution in [1.82, 2.24) is 0 Å². The van der Waals surface area contributed by atoms with Gasteiger partial charge in [-0.1, -0.05) is 6.07 Å². The Bertz CT molecular complexity index is 387. The number of halogens is 1. The van der Waals surface area contributed by atoms with Crippen molar-refractivity contribution in [2.75, 3.05) is 5.32 Å². The van der Waals surface area contributed by atoms with E-state index in [4.69, 9.17) is 11.6 Å². The number of hydrogen-bond donors (Lipinski definition) is 1. The number of amides is 1. The summed E-state index contributed by atoms with van der Waals surface area (Å²) in [5.41, 5.74) is 3.62. The average Bonchev–Trinajstić information content (AvgIpc) is 2.64. The van der Waals surface area contributed by atoms with Gasteiger partial charge in [0.1, 0.15) is 5.38 Å². The van der Waals surface area contributed by atoms with Gasteiger partial charge in [0.05, 0.1) is 0 Å². The second-order valence-corrected chi connectivity index (χ2v) is 4.60. The third kappa shape index (κ3) is 2.32. The normalized spacial score (nSPS) is 15.9. The molecule has 3 heteroatoms. The molecule has 0 unspecified atom stereocenters. The van der Waals surface area contributed by atoms with Crippen LogP contribution in [0.15, 0.2) is 18.2 Å². The van der Waals surface area contributed by atoms with Gasteiger partial charge in [-0.05, 0) is 49.4 Å². The second kappa shape index (κ2) is 4.23. The number of anilines is 1. The number of benzene rings is 1. The SMILES string of the molecule is C[C@H](Cl)C(=O)Nc1ccc2c(c1)CCC2. The standard InChI is InChI=1S/C12H14ClNO/c1-8(13)12(15)14-11-6-5-9-3-2-4-10(9)7-11/h5-8H,2-4H2,1H3,(H,14,15)/t8-/m0/s1. The Labute approximate surface area is 94.6 Å². The zero-order chi connectivity index (χ0) is 10.8. The van der Waals surface area contributed by atoms with Gasteiger partial charge in [0.15, 0.2) is 0 Å². The number of carbonyl (C=O) groups excluding carboxylic acids is 1. The van der Waals surface area contributed by atoms with Gasteiger partial charge in [0, 0.05) is 5.69 Å². The van der Waals surface area contributed by atoms with Crippen molar-refractivity contribution < 1.29 is 4.79 Å². The van der Waals surface area contributed by atoms with Crippen LogP contribution < -0.4 is 5.32 Å². The van der Waals surface area contributed by atoms with E-state index in [1.807, 2.05) is 6.07 Å². The maximum Gasteiger partial charge on any atom is 0.242 e. The van der Waals surface area contributed by atoms with E-state index < -0.39 is 5.38 Å². The van der Waals surface area contributed by atoms with Gasteiger partial charge in [-0.25, -0.2) is 0 Å². The highest BCUT2D eigenvalue weighted by Crippen LogP contribution is 2.24. The summed E-state index contributed by atoms with van der Waals surface area (Å²) < 4.78 is 0. The first-order valence-corrected chi connectivity index (χ1v) is 5.67. The van der Waals surface area contributed by atoms with Crippen molar-refractivity contribution in [3.63, 3.8) is 0 Å². The molecule has 1 aliphatic carbocycles. The van der Waals surface area contributed by atoms with Crippen LogP contribution in [-0.4, -0.2) is 11.3 Å². The fourth-order valence-corrected chi connectivity index (χ4v) is 1.95. The third-order valence-corrected chi connectivity index (χ3v) is 2.93. The molecule has 80 valence electrons. The molecule has 0 fully saturated rings. The molecule has 1 aliphatic rings. The Morgan fingerprint density at radius 3 is 2.87 bits per heavy atom. The van der Waals surface area contributed by atoms with Crippen LogP contribution in [0.5, 0.6) is 0 Å². The first-order chi connectivity index (χ1) is 7.16. The second-order valence-electron chi connectivity index (χ2n) is 3.94. The van der Waals surface area contributed by atoms with Crippen molar-refractivity contribution >= 4 is 23.2 Å². The van der Waals surface area contributed by atoms with Crippen molar-refractivity contribution in [2.24, 2.45) is 0 Å². The number of rotatable bonds is 2. The van der Waals surface area contributed by atoms with Crippen LogP contribution in [0.4, 0.5) is 5.69 Å². The smallest absolute Gasteiger partial charge is 0.242 e. The van der Waals surface area contributed by atoms with Crippen LogP contribution in [0.25, 0.3) is 0 Å². The van der Waals surface area contributed by atoms with E-state index in [9.17, 15) is 4.79 Å². The van der Waals surface area contributed by atoms with E-state index in [-0.39, 0.29) is 5.91 Å². The van der Waals surface area contributed by atoms with Crippen LogP contribution in [-0.2, 0) is 17.6 Å². The Kier molecular flexibility index (Phi) is 2.96. The molecule has 0 heterocycles. The topological polar surface area (TPSA) is 29.1 Å². The van der Waals surface area contributed by atoms with E-state index in [1.165, 1.54) is 17.5 Å². The predicted octanol–water partition coefficient (Wildman–Crippen LogP) is 2.74. The fourth-order valence-electron chi connectivity index (χ4n) is 1.89. The maximum absolute atomic E-state index is 11.4. The van der Waals surface area contributed by atoms with Crippen LogP contribution >= 0.6 is 11.6 Å². The van der Waals surface area contributed by atoms with Gasteiger partial charge in [-0.3, -0.25) is 4.79 Å². The molecule has 0 aliphatic heterocycles. The van der Waals surface area contributed by atoms with Gasteiger partial charge >= 0.3 is 0 Å². The van der Waals surface area contributed by atoms with E-state index in [0.29, 0.717) is 0 Å². The molecule has 2 rings (SSSR count). The van der Waals surface area contributed by atoms with Gasteiger partial charge in [-0.2, -0.15) is 0 Å². The van der Waals surface area contributed by atoms with Crippen LogP contribution in [0, 0.1) is 0 Å². The Balaban J connectivity index is 2.13. The summed E-state index contributed by atoms with van der Waals surface area (Å²) in [7, 11) is 0. The molecule has 1 N–H and O–H groups in total. The lowest BCUT2D eigenvalue weighted by Crippen LogP contribution is -2.20. The molecule has 2 nitrogen and oxygen atoms in total. The first kappa shape index (κ1) is 10.5. The van der Waals surface area contributed by atoms with Crippen molar-refractivity contribution in [1.29, 1.82) is 0 Å². The largest absolute Gasteiger partial charge is 0.325 e. The highest BCUT2D eigenvalue weighted by molar-refractivity contribution is 6.32. The molecule has 0 aromatic heterocycles. The van der Waals surface area contributed by atoms with Gasteiger partial charge in [0.2, 0.25) is 5.91 Å². The third-order valence-electron chi connectivity index (χ3n) is 2.73. The first-order valence-electron chi connectivity index (χ1n) is 5.23. The summed E-state index contributed by atoms with van der Waals surface area (Å²) in [5.74, 6) is -0.144. The zero-order valence-electron chi connectivity index (χ0n) is 8.72. The zero-order valence-corrected chi connectivity index (χ0v) is 9.47. The maximum atomic E-state index is 11.4. The summed E-state index contributed by atoms with van der Waals surface area (Å²) in [6.45, 7) is 1.67. The van der Waals surface area contributed by atoms with E-state index in [0.717, 1.165) is 18.5 Å². The number of aryl methyl sites for hydroxylation is 2. The molecule has 0 radical (unpaired) electrons. The van der Waals surface area contributed by atoms with Crippen molar-refractivity contribution in [3.05, 3.63) is 29.3 Å². The Hall–Kier alpha value is -1.02. The van der Waals surface area contributed by atoms with Crippen molar-refractivity contribution in [2.45, 2.75) is 31.6 Å². The molecule has 1 aromatic carbocycles. The lowest BCUT2D eigenvalue weighted by atomic mass is 10.1. The van der Waals surface area contributed by atoms with Gasteiger partial charge < -0.3 is 5.32 Å². The monoisotopic (exact) mass is 223 g/mol. The number of fused-ring (bicyclic) bond motifs is 1. The number of alkyl halides is 1. The number of carbonyl (C=O) groups is 1. The molecular weight excluding hydrogens is 210 g/mol. The number of hydrogen-bond acceptors (Lipinski definition) is 1. The van der Waals surface area contributed by atoms with Crippen LogP contribution in [0.3, 0.4) is 0 Å². The summed E-state index contributed by atoms with van der Waals surface area (Å²) >= 11 is 5.68. The molecular formula is C12H14ClNO. The molecule has 0 saturated carbocycles. The summed E-state index contributed by atoms with van der Waals surface area (Å²) in [6.07, 6.45) is 3.50. The van der Waals surface area contributed by atoms with Crippen LogP contribution in [0.1, 0.15) is 24.5 Å². The molecule has 0 saturated heterocycles. The minimum absolute atomic E-state index is 0.144. The van der Waals surface area contributed by atoms with Gasteiger partial charge in [-0.15, -0.1) is 11.6 Å². The average molecular weight is 224 g/mol. The fraction of sp³-hybridized carbons (Fsp3) is 0.417. The number of nitrogens with one attached hydrogen (secondary N) is 1.